The second-order valence-corrected chi connectivity index (χ2v) is 6.54. The number of pyridine rings is 1. The SMILES string of the molecule is Cc1nsc2ncc(C(=O)N3CCN(C[C@H](C)O)CC3)cc12. The van der Waals surface area contributed by atoms with Crippen molar-refractivity contribution in [1.82, 2.24) is 19.2 Å². The fourth-order valence-corrected chi connectivity index (χ4v) is 3.48. The Kier molecular flexibility index (Phi) is 4.37. The zero-order valence-electron chi connectivity index (χ0n) is 12.8. The van der Waals surface area contributed by atoms with E-state index < -0.39 is 0 Å². The summed E-state index contributed by atoms with van der Waals surface area (Å²) in [6.07, 6.45) is 1.31. The third kappa shape index (κ3) is 3.11. The predicted molar refractivity (Wildman–Crippen MR) is 86.2 cm³/mol. The molecule has 2 aromatic rings. The predicted octanol–water partition coefficient (Wildman–Crippen LogP) is 1.14. The molecule has 0 radical (unpaired) electrons. The minimum Gasteiger partial charge on any atom is -0.392 e. The highest BCUT2D eigenvalue weighted by Crippen LogP contribution is 2.21. The summed E-state index contributed by atoms with van der Waals surface area (Å²) in [5.74, 6) is 0.0247. The van der Waals surface area contributed by atoms with Crippen molar-refractivity contribution in [3.05, 3.63) is 23.5 Å². The summed E-state index contributed by atoms with van der Waals surface area (Å²) >= 11 is 1.36. The molecule has 22 heavy (non-hydrogen) atoms. The summed E-state index contributed by atoms with van der Waals surface area (Å²) in [5, 5.41) is 10.4. The van der Waals surface area contributed by atoms with E-state index in [0.717, 1.165) is 29.0 Å². The monoisotopic (exact) mass is 320 g/mol. The van der Waals surface area contributed by atoms with Crippen LogP contribution in [0.4, 0.5) is 0 Å². The van der Waals surface area contributed by atoms with Gasteiger partial charge in [0.15, 0.2) is 0 Å². The van der Waals surface area contributed by atoms with Crippen molar-refractivity contribution in [3.63, 3.8) is 0 Å². The average molecular weight is 320 g/mol. The molecular formula is C15H20N4O2S. The second-order valence-electron chi connectivity index (χ2n) is 5.79. The van der Waals surface area contributed by atoms with Gasteiger partial charge < -0.3 is 10.0 Å². The standard InChI is InChI=1S/C15H20N4O2S/c1-10(20)9-18-3-5-19(6-4-18)15(21)12-7-13-11(2)17-22-14(13)16-8-12/h7-8,10,20H,3-6,9H2,1-2H3/t10-/m0/s1. The van der Waals surface area contributed by atoms with Crippen LogP contribution < -0.4 is 0 Å². The number of carbonyl (C=O) groups excluding carboxylic acids is 1. The van der Waals surface area contributed by atoms with Crippen molar-refractivity contribution in [2.24, 2.45) is 0 Å². The van der Waals surface area contributed by atoms with Crippen LogP contribution in [0.15, 0.2) is 12.3 Å². The van der Waals surface area contributed by atoms with Crippen LogP contribution in [0, 0.1) is 6.92 Å². The van der Waals surface area contributed by atoms with Gasteiger partial charge in [-0.25, -0.2) is 4.98 Å². The smallest absolute Gasteiger partial charge is 0.255 e. The topological polar surface area (TPSA) is 69.6 Å². The average Bonchev–Trinajstić information content (AvgIpc) is 2.88. The molecule has 1 fully saturated rings. The van der Waals surface area contributed by atoms with Gasteiger partial charge in [-0.1, -0.05) is 0 Å². The van der Waals surface area contributed by atoms with E-state index in [-0.39, 0.29) is 12.0 Å². The number of nitrogens with zero attached hydrogens (tertiary/aromatic N) is 4. The molecule has 1 saturated heterocycles. The van der Waals surface area contributed by atoms with E-state index in [1.807, 2.05) is 17.9 Å². The van der Waals surface area contributed by atoms with Crippen LogP contribution in [0.3, 0.4) is 0 Å². The van der Waals surface area contributed by atoms with Crippen LogP contribution in [0.5, 0.6) is 0 Å². The van der Waals surface area contributed by atoms with Gasteiger partial charge in [-0.2, -0.15) is 4.37 Å². The fourth-order valence-electron chi connectivity index (χ4n) is 2.75. The molecule has 0 aromatic carbocycles. The van der Waals surface area contributed by atoms with Crippen molar-refractivity contribution in [1.29, 1.82) is 0 Å². The number of rotatable bonds is 3. The molecule has 3 heterocycles. The minimum absolute atomic E-state index is 0.0247. The molecule has 1 aliphatic heterocycles. The van der Waals surface area contributed by atoms with E-state index in [0.29, 0.717) is 25.2 Å². The Labute approximate surface area is 133 Å². The Morgan fingerprint density at radius 2 is 2.14 bits per heavy atom. The van der Waals surface area contributed by atoms with Crippen LogP contribution in [0.25, 0.3) is 10.2 Å². The molecule has 2 aromatic heterocycles. The molecule has 0 bridgehead atoms. The number of amides is 1. The van der Waals surface area contributed by atoms with Crippen molar-refractivity contribution in [2.45, 2.75) is 20.0 Å². The lowest BCUT2D eigenvalue weighted by molar-refractivity contribution is 0.0554. The van der Waals surface area contributed by atoms with Gasteiger partial charge in [-0.05, 0) is 31.4 Å². The highest BCUT2D eigenvalue weighted by Gasteiger charge is 2.23. The highest BCUT2D eigenvalue weighted by molar-refractivity contribution is 7.12. The molecule has 1 aliphatic rings. The van der Waals surface area contributed by atoms with Crippen LogP contribution in [0.1, 0.15) is 23.0 Å². The number of aliphatic hydroxyl groups excluding tert-OH is 1. The highest BCUT2D eigenvalue weighted by atomic mass is 32.1. The first-order chi connectivity index (χ1) is 10.5. The molecular weight excluding hydrogens is 300 g/mol. The van der Waals surface area contributed by atoms with E-state index in [1.54, 1.807) is 13.1 Å². The van der Waals surface area contributed by atoms with E-state index in [2.05, 4.69) is 14.3 Å². The quantitative estimate of drug-likeness (QED) is 0.918. The van der Waals surface area contributed by atoms with Gasteiger partial charge in [-0.3, -0.25) is 9.69 Å². The van der Waals surface area contributed by atoms with Crippen LogP contribution in [0.2, 0.25) is 0 Å². The number of hydrogen-bond acceptors (Lipinski definition) is 6. The zero-order valence-corrected chi connectivity index (χ0v) is 13.6. The summed E-state index contributed by atoms with van der Waals surface area (Å²) in [4.78, 5) is 21.9. The number of piperazine rings is 1. The normalized spacial score (nSPS) is 17.9. The molecule has 118 valence electrons. The lowest BCUT2D eigenvalue weighted by Gasteiger charge is -2.35. The molecule has 0 unspecified atom stereocenters. The molecule has 6 nitrogen and oxygen atoms in total. The molecule has 1 amide bonds. The molecule has 1 N–H and O–H groups in total. The lowest BCUT2D eigenvalue weighted by Crippen LogP contribution is -2.50. The Balaban J connectivity index is 1.69. The van der Waals surface area contributed by atoms with E-state index in [4.69, 9.17) is 0 Å². The van der Waals surface area contributed by atoms with Crippen LogP contribution >= 0.6 is 11.5 Å². The maximum Gasteiger partial charge on any atom is 0.255 e. The summed E-state index contributed by atoms with van der Waals surface area (Å²) < 4.78 is 4.27. The molecule has 1 atom stereocenters. The van der Waals surface area contributed by atoms with Gasteiger partial charge in [0.25, 0.3) is 5.91 Å². The van der Waals surface area contributed by atoms with Crippen molar-refractivity contribution < 1.29 is 9.90 Å². The number of fused-ring (bicyclic) bond motifs is 1. The van der Waals surface area contributed by atoms with Crippen molar-refractivity contribution in [3.8, 4) is 0 Å². The molecule has 0 aliphatic carbocycles. The summed E-state index contributed by atoms with van der Waals surface area (Å²) in [5.41, 5.74) is 1.55. The van der Waals surface area contributed by atoms with Crippen molar-refractivity contribution in [2.75, 3.05) is 32.7 Å². The van der Waals surface area contributed by atoms with Gasteiger partial charge in [-0.15, -0.1) is 0 Å². The first-order valence-corrected chi connectivity index (χ1v) is 8.23. The van der Waals surface area contributed by atoms with Gasteiger partial charge in [0.2, 0.25) is 0 Å². The number of carbonyl (C=O) groups is 1. The zero-order chi connectivity index (χ0) is 15.7. The minimum atomic E-state index is -0.331. The van der Waals surface area contributed by atoms with Crippen LogP contribution in [-0.4, -0.2) is 69.0 Å². The molecule has 0 saturated carbocycles. The Hall–Kier alpha value is -1.57. The number of aryl methyl sites for hydroxylation is 1. The van der Waals surface area contributed by atoms with E-state index in [9.17, 15) is 9.90 Å². The van der Waals surface area contributed by atoms with Gasteiger partial charge >= 0.3 is 0 Å². The first kappa shape index (κ1) is 15.3. The van der Waals surface area contributed by atoms with E-state index >= 15 is 0 Å². The third-order valence-electron chi connectivity index (χ3n) is 3.94. The molecule has 3 rings (SSSR count). The largest absolute Gasteiger partial charge is 0.392 e. The Bertz CT molecular complexity index is 677. The van der Waals surface area contributed by atoms with Gasteiger partial charge in [0, 0.05) is 44.3 Å². The maximum absolute atomic E-state index is 12.6. The summed E-state index contributed by atoms with van der Waals surface area (Å²) in [7, 11) is 0. The van der Waals surface area contributed by atoms with Gasteiger partial charge in [0.1, 0.15) is 4.83 Å². The number of aliphatic hydroxyl groups is 1. The summed E-state index contributed by atoms with van der Waals surface area (Å²) in [6.45, 7) is 7.35. The maximum atomic E-state index is 12.6. The fraction of sp³-hybridized carbons (Fsp3) is 0.533. The Morgan fingerprint density at radius 1 is 1.41 bits per heavy atom. The Morgan fingerprint density at radius 3 is 2.82 bits per heavy atom. The summed E-state index contributed by atoms with van der Waals surface area (Å²) in [6, 6.07) is 1.89. The molecule has 7 heteroatoms. The second kappa shape index (κ2) is 6.28. The van der Waals surface area contributed by atoms with Gasteiger partial charge in [0.05, 0.1) is 17.4 Å². The molecule has 0 spiro atoms. The number of hydrogen-bond donors (Lipinski definition) is 1. The van der Waals surface area contributed by atoms with Crippen molar-refractivity contribution >= 4 is 27.7 Å². The number of β-amino-alcohol motifs (C(OH)–C–C–N with tert-alkyl or cyclic N) is 1. The van der Waals surface area contributed by atoms with E-state index in [1.165, 1.54) is 11.5 Å². The number of aromatic nitrogens is 2. The van der Waals surface area contributed by atoms with Crippen LogP contribution in [-0.2, 0) is 0 Å². The first-order valence-electron chi connectivity index (χ1n) is 7.46. The third-order valence-corrected chi connectivity index (χ3v) is 4.80. The lowest BCUT2D eigenvalue weighted by atomic mass is 10.1.